The van der Waals surface area contributed by atoms with Crippen molar-refractivity contribution in [1.82, 2.24) is 20.2 Å². The van der Waals surface area contributed by atoms with Gasteiger partial charge in [0, 0.05) is 49.3 Å². The van der Waals surface area contributed by atoms with E-state index in [-0.39, 0.29) is 31.3 Å². The number of nitrogens with zero attached hydrogens (tertiary/aromatic N) is 2. The number of nitrogens with two attached hydrogens (primary N) is 1. The van der Waals surface area contributed by atoms with Crippen molar-refractivity contribution in [2.24, 2.45) is 5.73 Å². The van der Waals surface area contributed by atoms with E-state index in [1.54, 1.807) is 19.4 Å². The lowest BCUT2D eigenvalue weighted by atomic mass is 9.50. The summed E-state index contributed by atoms with van der Waals surface area (Å²) >= 11 is 0. The van der Waals surface area contributed by atoms with E-state index in [0.717, 1.165) is 17.7 Å². The maximum Gasteiger partial charge on any atom is 0.334 e. The highest BCUT2D eigenvalue weighted by Crippen LogP contribution is 2.65. The molecule has 1 fully saturated rings. The van der Waals surface area contributed by atoms with Gasteiger partial charge in [0.2, 0.25) is 5.91 Å². The molecule has 0 radical (unpaired) electrons. The predicted molar refractivity (Wildman–Crippen MR) is 135 cm³/mol. The second-order valence-corrected chi connectivity index (χ2v) is 10.6. The number of rotatable bonds is 8. The lowest BCUT2D eigenvalue weighted by molar-refractivity contribution is -0.170. The highest BCUT2D eigenvalue weighted by atomic mass is 16.6. The molecule has 38 heavy (non-hydrogen) atoms. The molecule has 6 rings (SSSR count). The minimum Gasteiger partial charge on any atom is -0.493 e. The van der Waals surface area contributed by atoms with Crippen LogP contribution in [0.25, 0.3) is 0 Å². The second-order valence-electron chi connectivity index (χ2n) is 10.6. The Kier molecular flexibility index (Phi) is 5.97. The number of hydrogen-bond acceptors (Lipinski definition) is 9. The Bertz CT molecular complexity index is 1300. The van der Waals surface area contributed by atoms with Crippen LogP contribution in [-0.4, -0.2) is 82.9 Å². The van der Waals surface area contributed by atoms with Crippen molar-refractivity contribution >= 4 is 11.9 Å². The van der Waals surface area contributed by atoms with E-state index >= 15 is 0 Å². The van der Waals surface area contributed by atoms with Crippen molar-refractivity contribution < 1.29 is 28.9 Å². The second kappa shape index (κ2) is 9.11. The smallest absolute Gasteiger partial charge is 0.334 e. The summed E-state index contributed by atoms with van der Waals surface area (Å²) in [5, 5.41) is 15.1. The third kappa shape index (κ3) is 3.49. The Hall–Kier alpha value is -3.41. The maximum atomic E-state index is 13.5. The minimum atomic E-state index is -1.10. The van der Waals surface area contributed by atoms with Gasteiger partial charge in [-0.15, -0.1) is 0 Å². The van der Waals surface area contributed by atoms with E-state index in [2.05, 4.69) is 20.2 Å². The monoisotopic (exact) mass is 523 g/mol. The number of methoxy groups -OCH3 is 1. The standard InChI is InChI=1S/C27H33N5O6/c1-32-10-8-26-22-15-3-4-18(36-2)23(22)38-24(26)19(5-7-27(26,35)20(32)11-15)37-25(34)17(31-21(33)6-9-28)12-16-13-29-14-30-16/h3-5,13-14,17,20,24,35H,6-12,28H2,1-2H3,(H,29,30)(H,31,33)/t17?,20-,24+,26+,27-/m1/s1. The summed E-state index contributed by atoms with van der Waals surface area (Å²) in [5.74, 6) is 0.570. The Morgan fingerprint density at radius 1 is 1.42 bits per heavy atom. The first-order valence-electron chi connectivity index (χ1n) is 13.0. The van der Waals surface area contributed by atoms with Gasteiger partial charge in [-0.25, -0.2) is 9.78 Å². The zero-order chi connectivity index (χ0) is 26.7. The van der Waals surface area contributed by atoms with Crippen LogP contribution in [0.15, 0.2) is 36.5 Å². The molecule has 5 N–H and O–H groups in total. The topological polar surface area (TPSA) is 152 Å². The lowest BCUT2D eigenvalue weighted by Gasteiger charge is -2.61. The van der Waals surface area contributed by atoms with Gasteiger partial charge in [0.15, 0.2) is 17.6 Å². The van der Waals surface area contributed by atoms with Crippen LogP contribution in [0.4, 0.5) is 0 Å². The van der Waals surface area contributed by atoms with Gasteiger partial charge in [-0.2, -0.15) is 0 Å². The minimum absolute atomic E-state index is 0.0874. The number of aromatic nitrogens is 2. The number of esters is 1. The Balaban J connectivity index is 1.36. The number of benzene rings is 1. The lowest BCUT2D eigenvalue weighted by Crippen LogP contribution is -2.74. The number of aromatic amines is 1. The quantitative estimate of drug-likeness (QED) is 0.358. The summed E-state index contributed by atoms with van der Waals surface area (Å²) in [6.45, 7) is 0.930. The van der Waals surface area contributed by atoms with Gasteiger partial charge >= 0.3 is 5.97 Å². The summed E-state index contributed by atoms with van der Waals surface area (Å²) in [6.07, 6.45) is 6.07. The van der Waals surface area contributed by atoms with Crippen molar-refractivity contribution in [2.45, 2.75) is 61.3 Å². The summed E-state index contributed by atoms with van der Waals surface area (Å²) in [4.78, 5) is 35.1. The molecule has 2 aromatic rings. The first-order valence-corrected chi connectivity index (χ1v) is 13.0. The first-order chi connectivity index (χ1) is 18.3. The number of piperidine rings is 1. The number of aliphatic hydroxyl groups is 1. The number of ether oxygens (including phenoxy) is 3. The van der Waals surface area contributed by atoms with Crippen molar-refractivity contribution in [2.75, 3.05) is 27.2 Å². The number of H-pyrrole nitrogens is 1. The third-order valence-electron chi connectivity index (χ3n) is 8.75. The number of likely N-dealkylation sites (tertiary alicyclic amines) is 1. The normalized spacial score (nSPS) is 29.5. The summed E-state index contributed by atoms with van der Waals surface area (Å²) in [5.41, 5.74) is 6.40. The first kappa shape index (κ1) is 24.9. The molecule has 1 saturated heterocycles. The SMILES string of the molecule is COc1ccc2c3c1O[C@H]1C(OC(=O)C(Cc4cnc[nH]4)NC(=O)CCN)=CC[C@@]4(O)[C@@H](C2)N(C)CC[C@]314. The van der Waals surface area contributed by atoms with Crippen LogP contribution >= 0.6 is 0 Å². The largest absolute Gasteiger partial charge is 0.493 e. The fraction of sp³-hybridized carbons (Fsp3) is 0.519. The van der Waals surface area contributed by atoms with Gasteiger partial charge in [-0.3, -0.25) is 4.79 Å². The van der Waals surface area contributed by atoms with E-state index < -0.39 is 29.1 Å². The number of amides is 1. The Morgan fingerprint density at radius 2 is 2.26 bits per heavy atom. The highest BCUT2D eigenvalue weighted by molar-refractivity contribution is 5.85. The summed E-state index contributed by atoms with van der Waals surface area (Å²) in [6, 6.07) is 2.88. The fourth-order valence-electron chi connectivity index (χ4n) is 6.98. The molecule has 202 valence electrons. The molecule has 1 unspecified atom stereocenters. The Labute approximate surface area is 220 Å². The van der Waals surface area contributed by atoms with Crippen LogP contribution in [-0.2, 0) is 32.6 Å². The molecule has 5 atom stereocenters. The van der Waals surface area contributed by atoms with Gasteiger partial charge in [0.05, 0.1) is 24.5 Å². The number of carbonyl (C=O) groups excluding carboxylic acids is 2. The molecule has 4 aliphatic rings. The van der Waals surface area contributed by atoms with Crippen LogP contribution in [0, 0.1) is 0 Å². The molecular formula is C27H33N5O6. The van der Waals surface area contributed by atoms with E-state index in [1.165, 1.54) is 6.33 Å². The number of nitrogens with one attached hydrogen (secondary N) is 2. The molecule has 3 heterocycles. The van der Waals surface area contributed by atoms with E-state index in [1.807, 2.05) is 19.2 Å². The number of likely N-dealkylation sites (N-methyl/N-ethyl adjacent to an activating group) is 1. The Morgan fingerprint density at radius 3 is 3.00 bits per heavy atom. The summed E-state index contributed by atoms with van der Waals surface area (Å²) < 4.78 is 18.2. The van der Waals surface area contributed by atoms with Crippen molar-refractivity contribution in [3.8, 4) is 11.5 Å². The van der Waals surface area contributed by atoms with Gasteiger partial charge < -0.3 is 40.3 Å². The van der Waals surface area contributed by atoms with Gasteiger partial charge in [-0.1, -0.05) is 6.07 Å². The molecule has 1 aromatic carbocycles. The molecule has 11 nitrogen and oxygen atoms in total. The average Bonchev–Trinajstić information content (AvgIpc) is 3.53. The molecule has 2 bridgehead atoms. The number of hydrogen-bond donors (Lipinski definition) is 4. The zero-order valence-electron chi connectivity index (χ0n) is 21.5. The van der Waals surface area contributed by atoms with Crippen LogP contribution in [0.2, 0.25) is 0 Å². The van der Waals surface area contributed by atoms with Gasteiger partial charge in [0.25, 0.3) is 0 Å². The average molecular weight is 524 g/mol. The van der Waals surface area contributed by atoms with E-state index in [0.29, 0.717) is 42.2 Å². The highest BCUT2D eigenvalue weighted by Gasteiger charge is 2.72. The molecule has 1 amide bonds. The third-order valence-corrected chi connectivity index (χ3v) is 8.75. The number of carbonyl (C=O) groups is 2. The van der Waals surface area contributed by atoms with Crippen LogP contribution in [0.5, 0.6) is 11.5 Å². The zero-order valence-corrected chi connectivity index (χ0v) is 21.5. The molecule has 1 spiro atoms. The summed E-state index contributed by atoms with van der Waals surface area (Å²) in [7, 11) is 3.63. The van der Waals surface area contributed by atoms with Crippen LogP contribution in [0.3, 0.4) is 0 Å². The molecule has 2 aliphatic heterocycles. The molecular weight excluding hydrogens is 490 g/mol. The van der Waals surface area contributed by atoms with Crippen molar-refractivity contribution in [1.29, 1.82) is 0 Å². The number of imidazole rings is 1. The van der Waals surface area contributed by atoms with Gasteiger partial charge in [0.1, 0.15) is 11.8 Å². The molecule has 1 aromatic heterocycles. The molecule has 11 heteroatoms. The van der Waals surface area contributed by atoms with Crippen LogP contribution < -0.4 is 20.5 Å². The van der Waals surface area contributed by atoms with Crippen molar-refractivity contribution in [3.63, 3.8) is 0 Å². The van der Waals surface area contributed by atoms with E-state index in [4.69, 9.17) is 19.9 Å². The predicted octanol–water partition coefficient (Wildman–Crippen LogP) is 0.316. The fourth-order valence-corrected chi connectivity index (χ4v) is 6.98. The van der Waals surface area contributed by atoms with Crippen LogP contribution in [0.1, 0.15) is 36.1 Å². The van der Waals surface area contributed by atoms with Gasteiger partial charge in [-0.05, 0) is 44.1 Å². The van der Waals surface area contributed by atoms with E-state index in [9.17, 15) is 14.7 Å². The maximum absolute atomic E-state index is 13.5. The van der Waals surface area contributed by atoms with Crippen molar-refractivity contribution in [3.05, 3.63) is 53.3 Å². The molecule has 2 aliphatic carbocycles. The molecule has 0 saturated carbocycles.